The minimum atomic E-state index is -3.41. The van der Waals surface area contributed by atoms with Crippen LogP contribution in [0.25, 0.3) is 0 Å². The third kappa shape index (κ3) is 4.60. The van der Waals surface area contributed by atoms with Gasteiger partial charge in [-0.25, -0.2) is 8.42 Å². The summed E-state index contributed by atoms with van der Waals surface area (Å²) in [5, 5.41) is 0. The van der Waals surface area contributed by atoms with Gasteiger partial charge in [-0.2, -0.15) is 4.31 Å². The normalized spacial score (nSPS) is 17.7. The Labute approximate surface area is 163 Å². The van der Waals surface area contributed by atoms with Crippen molar-refractivity contribution in [3.63, 3.8) is 0 Å². The van der Waals surface area contributed by atoms with Crippen molar-refractivity contribution >= 4 is 10.0 Å². The summed E-state index contributed by atoms with van der Waals surface area (Å²) in [6.07, 6.45) is 1.05. The monoisotopic (exact) mass is 386 g/mol. The summed E-state index contributed by atoms with van der Waals surface area (Å²) >= 11 is 0. The Morgan fingerprint density at radius 1 is 0.963 bits per heavy atom. The van der Waals surface area contributed by atoms with E-state index in [9.17, 15) is 8.42 Å². The van der Waals surface area contributed by atoms with Crippen LogP contribution in [0.2, 0.25) is 0 Å². The molecule has 1 fully saturated rings. The second kappa shape index (κ2) is 8.55. The maximum absolute atomic E-state index is 13.0. The first-order chi connectivity index (χ1) is 12.9. The fourth-order valence-electron chi connectivity index (χ4n) is 3.51. The van der Waals surface area contributed by atoms with Crippen LogP contribution in [0.5, 0.6) is 0 Å². The van der Waals surface area contributed by atoms with Gasteiger partial charge in [0.15, 0.2) is 0 Å². The number of nitrogens with zero attached hydrogens (tertiary/aromatic N) is 2. The molecule has 5 heteroatoms. The molecule has 1 saturated heterocycles. The van der Waals surface area contributed by atoms with Gasteiger partial charge in [0.05, 0.1) is 4.90 Å². The predicted molar refractivity (Wildman–Crippen MR) is 110 cm³/mol. The lowest BCUT2D eigenvalue weighted by Crippen LogP contribution is -2.48. The molecule has 146 valence electrons. The number of sulfonamides is 1. The standard InChI is InChI=1S/C22H30N2O2S/c1-4-18(2)20-9-11-22(12-10-20)27(25,26)24-15-13-23(14-16-24)17-21-8-6-5-7-19(21)3/h5-12,18H,4,13-17H2,1-3H3. The zero-order chi connectivity index (χ0) is 19.4. The molecular weight excluding hydrogens is 356 g/mol. The Balaban J connectivity index is 1.63. The van der Waals surface area contributed by atoms with Crippen LogP contribution in [0.3, 0.4) is 0 Å². The second-order valence-electron chi connectivity index (χ2n) is 7.49. The highest BCUT2D eigenvalue weighted by atomic mass is 32.2. The Morgan fingerprint density at radius 2 is 1.59 bits per heavy atom. The second-order valence-corrected chi connectivity index (χ2v) is 9.42. The molecular formula is C22H30N2O2S. The van der Waals surface area contributed by atoms with E-state index in [0.29, 0.717) is 23.9 Å². The van der Waals surface area contributed by atoms with E-state index in [-0.39, 0.29) is 0 Å². The molecule has 0 saturated carbocycles. The first-order valence-corrected chi connectivity index (χ1v) is 11.2. The predicted octanol–water partition coefficient (Wildman–Crippen LogP) is 4.02. The lowest BCUT2D eigenvalue weighted by molar-refractivity contribution is 0.181. The molecule has 0 N–H and O–H groups in total. The zero-order valence-electron chi connectivity index (χ0n) is 16.6. The summed E-state index contributed by atoms with van der Waals surface area (Å²) in [5.41, 5.74) is 3.79. The van der Waals surface area contributed by atoms with E-state index in [2.05, 4.69) is 49.9 Å². The minimum absolute atomic E-state index is 0.405. The number of hydrogen-bond acceptors (Lipinski definition) is 3. The van der Waals surface area contributed by atoms with Crippen molar-refractivity contribution in [2.24, 2.45) is 0 Å². The van der Waals surface area contributed by atoms with Crippen LogP contribution in [0.1, 0.15) is 42.9 Å². The molecule has 0 radical (unpaired) electrons. The first-order valence-electron chi connectivity index (χ1n) is 9.78. The van der Waals surface area contributed by atoms with Crippen molar-refractivity contribution in [2.75, 3.05) is 26.2 Å². The number of rotatable bonds is 6. The van der Waals surface area contributed by atoms with E-state index in [0.717, 1.165) is 26.1 Å². The third-order valence-corrected chi connectivity index (χ3v) is 7.60. The number of aryl methyl sites for hydroxylation is 1. The fraction of sp³-hybridized carbons (Fsp3) is 0.455. The molecule has 3 rings (SSSR count). The van der Waals surface area contributed by atoms with Crippen LogP contribution in [-0.2, 0) is 16.6 Å². The maximum atomic E-state index is 13.0. The smallest absolute Gasteiger partial charge is 0.243 e. The molecule has 2 aromatic rings. The van der Waals surface area contributed by atoms with Crippen LogP contribution < -0.4 is 0 Å². The van der Waals surface area contributed by atoms with Gasteiger partial charge in [-0.05, 0) is 48.1 Å². The highest BCUT2D eigenvalue weighted by Crippen LogP contribution is 2.23. The molecule has 1 atom stereocenters. The van der Waals surface area contributed by atoms with Gasteiger partial charge in [-0.15, -0.1) is 0 Å². The molecule has 27 heavy (non-hydrogen) atoms. The van der Waals surface area contributed by atoms with Gasteiger partial charge in [0.1, 0.15) is 0 Å². The minimum Gasteiger partial charge on any atom is -0.296 e. The van der Waals surface area contributed by atoms with Crippen LogP contribution >= 0.6 is 0 Å². The van der Waals surface area contributed by atoms with E-state index in [1.54, 1.807) is 16.4 Å². The SMILES string of the molecule is CCC(C)c1ccc(S(=O)(=O)N2CCN(Cc3ccccc3C)CC2)cc1. The molecule has 4 nitrogen and oxygen atoms in total. The first kappa shape index (κ1) is 20.1. The zero-order valence-corrected chi connectivity index (χ0v) is 17.4. The van der Waals surface area contributed by atoms with Gasteiger partial charge < -0.3 is 0 Å². The molecule has 1 unspecified atom stereocenters. The number of benzene rings is 2. The molecule has 0 bridgehead atoms. The lowest BCUT2D eigenvalue weighted by atomic mass is 9.99. The van der Waals surface area contributed by atoms with Crippen LogP contribution in [0, 0.1) is 6.92 Å². The van der Waals surface area contributed by atoms with Crippen LogP contribution in [0.4, 0.5) is 0 Å². The van der Waals surface area contributed by atoms with E-state index in [1.165, 1.54) is 16.7 Å². The lowest BCUT2D eigenvalue weighted by Gasteiger charge is -2.34. The topological polar surface area (TPSA) is 40.6 Å². The molecule has 1 aliphatic heterocycles. The van der Waals surface area contributed by atoms with E-state index in [4.69, 9.17) is 0 Å². The Kier molecular flexibility index (Phi) is 6.35. The molecule has 1 aliphatic rings. The summed E-state index contributed by atoms with van der Waals surface area (Å²) in [5.74, 6) is 0.451. The number of hydrogen-bond donors (Lipinski definition) is 0. The summed E-state index contributed by atoms with van der Waals surface area (Å²) in [4.78, 5) is 2.74. The Bertz CT molecular complexity index is 854. The molecule has 0 amide bonds. The summed E-state index contributed by atoms with van der Waals surface area (Å²) in [6.45, 7) is 9.92. The molecule has 0 spiro atoms. The van der Waals surface area contributed by atoms with Crippen LogP contribution in [-0.4, -0.2) is 43.8 Å². The summed E-state index contributed by atoms with van der Waals surface area (Å²) in [7, 11) is -3.41. The van der Waals surface area contributed by atoms with Gasteiger partial charge in [-0.1, -0.05) is 50.2 Å². The average Bonchev–Trinajstić information content (AvgIpc) is 2.69. The molecule has 0 aliphatic carbocycles. The van der Waals surface area contributed by atoms with Crippen molar-refractivity contribution < 1.29 is 8.42 Å². The average molecular weight is 387 g/mol. The highest BCUT2D eigenvalue weighted by molar-refractivity contribution is 7.89. The van der Waals surface area contributed by atoms with Crippen molar-refractivity contribution in [3.05, 3.63) is 65.2 Å². The number of piperazine rings is 1. The van der Waals surface area contributed by atoms with Gasteiger partial charge in [0.2, 0.25) is 10.0 Å². The maximum Gasteiger partial charge on any atom is 0.243 e. The third-order valence-electron chi connectivity index (χ3n) is 5.69. The van der Waals surface area contributed by atoms with Crippen molar-refractivity contribution in [2.45, 2.75) is 44.6 Å². The molecule has 1 heterocycles. The van der Waals surface area contributed by atoms with Gasteiger partial charge >= 0.3 is 0 Å². The molecule has 2 aromatic carbocycles. The van der Waals surface area contributed by atoms with E-state index in [1.807, 2.05) is 12.1 Å². The summed E-state index contributed by atoms with van der Waals surface area (Å²) < 4.78 is 27.6. The van der Waals surface area contributed by atoms with E-state index >= 15 is 0 Å². The highest BCUT2D eigenvalue weighted by Gasteiger charge is 2.28. The van der Waals surface area contributed by atoms with Crippen molar-refractivity contribution in [1.29, 1.82) is 0 Å². The van der Waals surface area contributed by atoms with Crippen molar-refractivity contribution in [3.8, 4) is 0 Å². The fourth-order valence-corrected chi connectivity index (χ4v) is 4.93. The van der Waals surface area contributed by atoms with Gasteiger partial charge in [0.25, 0.3) is 0 Å². The largest absolute Gasteiger partial charge is 0.296 e. The Hall–Kier alpha value is -1.69. The Morgan fingerprint density at radius 3 is 2.19 bits per heavy atom. The summed E-state index contributed by atoms with van der Waals surface area (Å²) in [6, 6.07) is 15.8. The van der Waals surface area contributed by atoms with Crippen molar-refractivity contribution in [1.82, 2.24) is 9.21 Å². The van der Waals surface area contributed by atoms with Gasteiger partial charge in [0, 0.05) is 32.7 Å². The van der Waals surface area contributed by atoms with E-state index < -0.39 is 10.0 Å². The van der Waals surface area contributed by atoms with Crippen LogP contribution in [0.15, 0.2) is 53.4 Å². The quantitative estimate of drug-likeness (QED) is 0.753. The van der Waals surface area contributed by atoms with Gasteiger partial charge in [-0.3, -0.25) is 4.90 Å². The molecule has 0 aromatic heterocycles.